The van der Waals surface area contributed by atoms with Crippen molar-refractivity contribution in [2.45, 2.75) is 83.3 Å². The fraction of sp³-hybridized carbons (Fsp3) is 0.850. The number of aromatic nitrogens is 3. The van der Waals surface area contributed by atoms with Crippen LogP contribution < -0.4 is 20.4 Å². The molecule has 7 heteroatoms. The van der Waals surface area contributed by atoms with E-state index in [9.17, 15) is 0 Å². The summed E-state index contributed by atoms with van der Waals surface area (Å²) in [5, 5.41) is 7.41. The van der Waals surface area contributed by atoms with Gasteiger partial charge in [-0.05, 0) is 66.2 Å². The second-order valence-electron chi connectivity index (χ2n) is 9.79. The molecule has 3 fully saturated rings. The molecule has 4 rings (SSSR count). The molecule has 0 unspecified atom stereocenters. The first-order valence-corrected chi connectivity index (χ1v) is 10.6. The summed E-state index contributed by atoms with van der Waals surface area (Å²) in [5.74, 6) is 2.44. The van der Waals surface area contributed by atoms with Crippen LogP contribution in [0.4, 0.5) is 17.8 Å². The van der Waals surface area contributed by atoms with Crippen LogP contribution in [0.3, 0.4) is 0 Å². The highest BCUT2D eigenvalue weighted by Crippen LogP contribution is 2.31. The Kier molecular flexibility index (Phi) is 4.91. The summed E-state index contributed by atoms with van der Waals surface area (Å²) in [7, 11) is 0. The minimum absolute atomic E-state index is 0.0992. The molecule has 150 valence electrons. The molecule has 0 spiro atoms. The van der Waals surface area contributed by atoms with Crippen molar-refractivity contribution in [3.63, 3.8) is 0 Å². The molecule has 3 aliphatic rings. The van der Waals surface area contributed by atoms with Crippen molar-refractivity contribution in [2.75, 3.05) is 41.3 Å². The number of hydrogen-bond donors (Lipinski definition) is 2. The normalized spacial score (nSPS) is 25.2. The maximum atomic E-state index is 4.82. The standard InChI is InChI=1S/C20H35N7/c1-19(2)13-15(14-20(3,4)25-19)21-16-22-17(26-9-5-6-10-26)24-18(23-16)27-11-7-8-12-27/h15,25H,5-14H2,1-4H3,(H,21,22,23,24). The zero-order chi connectivity index (χ0) is 19.1. The molecule has 0 atom stereocenters. The van der Waals surface area contributed by atoms with Gasteiger partial charge < -0.3 is 20.4 Å². The van der Waals surface area contributed by atoms with Crippen LogP contribution >= 0.6 is 0 Å². The number of nitrogens with zero attached hydrogens (tertiary/aromatic N) is 5. The largest absolute Gasteiger partial charge is 0.351 e. The molecule has 0 aromatic carbocycles. The summed E-state index contributed by atoms with van der Waals surface area (Å²) >= 11 is 0. The van der Waals surface area contributed by atoms with Crippen LogP contribution in [0.15, 0.2) is 0 Å². The van der Waals surface area contributed by atoms with E-state index < -0.39 is 0 Å². The number of rotatable bonds is 4. The van der Waals surface area contributed by atoms with Gasteiger partial charge in [0.25, 0.3) is 0 Å². The predicted octanol–water partition coefficient (Wildman–Crippen LogP) is 2.79. The number of piperidine rings is 1. The maximum Gasteiger partial charge on any atom is 0.231 e. The number of anilines is 3. The van der Waals surface area contributed by atoms with Crippen LogP contribution in [0.2, 0.25) is 0 Å². The molecule has 0 aliphatic carbocycles. The predicted molar refractivity (Wildman–Crippen MR) is 111 cm³/mol. The van der Waals surface area contributed by atoms with Crippen LogP contribution in [0.25, 0.3) is 0 Å². The van der Waals surface area contributed by atoms with Gasteiger partial charge in [-0.15, -0.1) is 0 Å². The average molecular weight is 374 g/mol. The summed E-state index contributed by atoms with van der Waals surface area (Å²) in [4.78, 5) is 19.1. The lowest BCUT2D eigenvalue weighted by Gasteiger charge is -2.46. The Hall–Kier alpha value is -1.63. The lowest BCUT2D eigenvalue weighted by atomic mass is 9.80. The van der Waals surface area contributed by atoms with Gasteiger partial charge in [0, 0.05) is 43.3 Å². The molecule has 3 aliphatic heterocycles. The summed E-state index contributed by atoms with van der Waals surface area (Å²) in [6.45, 7) is 13.3. The first kappa shape index (κ1) is 18.7. The van der Waals surface area contributed by atoms with E-state index in [0.29, 0.717) is 6.04 Å². The van der Waals surface area contributed by atoms with E-state index in [1.807, 2.05) is 0 Å². The highest BCUT2D eigenvalue weighted by Gasteiger charge is 2.38. The van der Waals surface area contributed by atoms with Gasteiger partial charge in [-0.3, -0.25) is 0 Å². The Morgan fingerprint density at radius 2 is 1.22 bits per heavy atom. The molecule has 27 heavy (non-hydrogen) atoms. The molecule has 4 heterocycles. The lowest BCUT2D eigenvalue weighted by Crippen LogP contribution is -2.60. The molecule has 0 saturated carbocycles. The van der Waals surface area contributed by atoms with Gasteiger partial charge >= 0.3 is 0 Å². The summed E-state index contributed by atoms with van der Waals surface area (Å²) in [6.07, 6.45) is 7.02. The van der Waals surface area contributed by atoms with Crippen molar-refractivity contribution in [3.8, 4) is 0 Å². The second-order valence-corrected chi connectivity index (χ2v) is 9.79. The number of hydrogen-bond acceptors (Lipinski definition) is 7. The molecule has 1 aromatic heterocycles. The second kappa shape index (κ2) is 7.08. The van der Waals surface area contributed by atoms with Gasteiger partial charge in [-0.1, -0.05) is 0 Å². The average Bonchev–Trinajstić information content (AvgIpc) is 3.25. The van der Waals surface area contributed by atoms with Gasteiger partial charge in [0.1, 0.15) is 0 Å². The fourth-order valence-corrected chi connectivity index (χ4v) is 5.14. The van der Waals surface area contributed by atoms with E-state index in [1.54, 1.807) is 0 Å². The molecule has 0 radical (unpaired) electrons. The number of nitrogens with one attached hydrogen (secondary N) is 2. The zero-order valence-electron chi connectivity index (χ0n) is 17.4. The third-order valence-electron chi connectivity index (χ3n) is 5.91. The van der Waals surface area contributed by atoms with E-state index in [-0.39, 0.29) is 11.1 Å². The maximum absolute atomic E-state index is 4.82. The Morgan fingerprint density at radius 3 is 1.67 bits per heavy atom. The molecule has 0 bridgehead atoms. The Balaban J connectivity index is 1.59. The lowest BCUT2D eigenvalue weighted by molar-refractivity contribution is 0.170. The topological polar surface area (TPSA) is 69.2 Å². The smallest absolute Gasteiger partial charge is 0.231 e. The first-order valence-electron chi connectivity index (χ1n) is 10.6. The van der Waals surface area contributed by atoms with Crippen molar-refractivity contribution >= 4 is 17.8 Å². The van der Waals surface area contributed by atoms with Crippen molar-refractivity contribution in [1.29, 1.82) is 0 Å². The van der Waals surface area contributed by atoms with Crippen molar-refractivity contribution in [2.24, 2.45) is 0 Å². The highest BCUT2D eigenvalue weighted by atomic mass is 15.4. The SMILES string of the molecule is CC1(C)CC(Nc2nc(N3CCCC3)nc(N3CCCC3)n2)CC(C)(C)N1. The summed E-state index contributed by atoms with van der Waals surface area (Å²) < 4.78 is 0. The van der Waals surface area contributed by atoms with Crippen molar-refractivity contribution in [3.05, 3.63) is 0 Å². The zero-order valence-corrected chi connectivity index (χ0v) is 17.4. The molecule has 0 amide bonds. The third kappa shape index (κ3) is 4.45. The summed E-state index contributed by atoms with van der Waals surface area (Å²) in [5.41, 5.74) is 0.198. The molecule has 2 N–H and O–H groups in total. The van der Waals surface area contributed by atoms with E-state index >= 15 is 0 Å². The van der Waals surface area contributed by atoms with Gasteiger partial charge in [-0.25, -0.2) is 0 Å². The first-order chi connectivity index (χ1) is 12.8. The van der Waals surface area contributed by atoms with Crippen molar-refractivity contribution in [1.82, 2.24) is 20.3 Å². The Labute approximate surface area is 163 Å². The molecular weight excluding hydrogens is 338 g/mol. The summed E-state index contributed by atoms with van der Waals surface area (Å²) in [6, 6.07) is 0.358. The van der Waals surface area contributed by atoms with Crippen LogP contribution in [0.5, 0.6) is 0 Å². The monoisotopic (exact) mass is 373 g/mol. The van der Waals surface area contributed by atoms with E-state index in [2.05, 4.69) is 48.1 Å². The molecule has 7 nitrogen and oxygen atoms in total. The molecule has 1 aromatic rings. The molecule has 3 saturated heterocycles. The minimum Gasteiger partial charge on any atom is -0.351 e. The Bertz CT molecular complexity index is 610. The van der Waals surface area contributed by atoms with Gasteiger partial charge in [0.15, 0.2) is 0 Å². The van der Waals surface area contributed by atoms with Crippen LogP contribution in [-0.2, 0) is 0 Å². The third-order valence-corrected chi connectivity index (χ3v) is 5.91. The van der Waals surface area contributed by atoms with Crippen LogP contribution in [0.1, 0.15) is 66.2 Å². The van der Waals surface area contributed by atoms with Crippen LogP contribution in [0, 0.1) is 0 Å². The van der Waals surface area contributed by atoms with E-state index in [0.717, 1.165) is 56.9 Å². The quantitative estimate of drug-likeness (QED) is 0.841. The minimum atomic E-state index is 0.0992. The van der Waals surface area contributed by atoms with Crippen molar-refractivity contribution < 1.29 is 0 Å². The van der Waals surface area contributed by atoms with Gasteiger partial charge in [-0.2, -0.15) is 15.0 Å². The molecular formula is C20H35N7. The van der Waals surface area contributed by atoms with Gasteiger partial charge in [0.05, 0.1) is 0 Å². The van der Waals surface area contributed by atoms with Gasteiger partial charge in [0.2, 0.25) is 17.8 Å². The van der Waals surface area contributed by atoms with Crippen LogP contribution in [-0.4, -0.2) is 58.3 Å². The van der Waals surface area contributed by atoms with E-state index in [1.165, 1.54) is 25.7 Å². The fourth-order valence-electron chi connectivity index (χ4n) is 5.14. The Morgan fingerprint density at radius 1 is 0.778 bits per heavy atom. The van der Waals surface area contributed by atoms with E-state index in [4.69, 9.17) is 15.0 Å². The highest BCUT2D eigenvalue weighted by molar-refractivity contribution is 5.46.